The summed E-state index contributed by atoms with van der Waals surface area (Å²) in [5.41, 5.74) is 0.669. The van der Waals surface area contributed by atoms with Crippen LogP contribution in [0.3, 0.4) is 0 Å². The van der Waals surface area contributed by atoms with Crippen molar-refractivity contribution < 1.29 is 0 Å². The van der Waals surface area contributed by atoms with Gasteiger partial charge < -0.3 is 5.32 Å². The van der Waals surface area contributed by atoms with E-state index in [9.17, 15) is 0 Å². The summed E-state index contributed by atoms with van der Waals surface area (Å²) < 4.78 is 0. The van der Waals surface area contributed by atoms with Crippen LogP contribution in [0.5, 0.6) is 0 Å². The molecule has 122 valence electrons. The highest BCUT2D eigenvalue weighted by molar-refractivity contribution is 5.89. The Balaban J connectivity index is 2.09. The molecular weight excluding hydrogens is 256 g/mol. The van der Waals surface area contributed by atoms with Crippen LogP contribution in [-0.2, 0) is 0 Å². The minimum Gasteiger partial charge on any atom is -0.368 e. The molecule has 1 saturated carbocycles. The third kappa shape index (κ3) is 4.02. The maximum absolute atomic E-state index is 5.05. The van der Waals surface area contributed by atoms with Crippen LogP contribution in [0.2, 0.25) is 0 Å². The van der Waals surface area contributed by atoms with E-state index in [1.807, 2.05) is 0 Å². The third-order valence-corrected chi connectivity index (χ3v) is 5.96. The lowest BCUT2D eigenvalue weighted by Crippen LogP contribution is -2.40. The molecule has 0 aromatic rings. The Labute approximate surface area is 132 Å². The van der Waals surface area contributed by atoms with Crippen molar-refractivity contribution in [3.8, 4) is 0 Å². The van der Waals surface area contributed by atoms with Crippen LogP contribution >= 0.6 is 0 Å². The van der Waals surface area contributed by atoms with Crippen molar-refractivity contribution in [2.45, 2.75) is 98.6 Å². The van der Waals surface area contributed by atoms with Gasteiger partial charge in [0.2, 0.25) is 0 Å². The molecule has 2 nitrogen and oxygen atoms in total. The summed E-state index contributed by atoms with van der Waals surface area (Å²) in [5, 5.41) is 3.78. The van der Waals surface area contributed by atoms with E-state index in [1.165, 1.54) is 50.8 Å². The number of rotatable bonds is 1. The van der Waals surface area contributed by atoms with Crippen molar-refractivity contribution >= 4 is 5.84 Å². The maximum atomic E-state index is 5.05. The molecule has 1 aliphatic carbocycles. The van der Waals surface area contributed by atoms with Crippen LogP contribution in [0.4, 0.5) is 0 Å². The zero-order valence-electron chi connectivity index (χ0n) is 15.1. The Morgan fingerprint density at radius 2 is 1.81 bits per heavy atom. The van der Waals surface area contributed by atoms with Gasteiger partial charge in [0.15, 0.2) is 0 Å². The lowest BCUT2D eigenvalue weighted by atomic mass is 9.70. The molecule has 1 N–H and O–H groups in total. The van der Waals surface area contributed by atoms with Crippen LogP contribution < -0.4 is 5.32 Å². The van der Waals surface area contributed by atoms with E-state index < -0.39 is 0 Å². The largest absolute Gasteiger partial charge is 0.368 e. The first-order chi connectivity index (χ1) is 9.72. The SMILES string of the molecule is CC(C)C1(C)CCCCCC2N=C(C(C)(C)C)NC2CC1. The van der Waals surface area contributed by atoms with Crippen molar-refractivity contribution in [2.75, 3.05) is 0 Å². The topological polar surface area (TPSA) is 24.4 Å². The lowest BCUT2D eigenvalue weighted by molar-refractivity contribution is 0.158. The van der Waals surface area contributed by atoms with Crippen LogP contribution in [-0.4, -0.2) is 17.9 Å². The first kappa shape index (κ1) is 16.8. The molecule has 0 aromatic carbocycles. The molecule has 2 rings (SSSR count). The van der Waals surface area contributed by atoms with Gasteiger partial charge in [-0.25, -0.2) is 0 Å². The minimum atomic E-state index is 0.161. The third-order valence-electron chi connectivity index (χ3n) is 5.96. The molecule has 1 fully saturated rings. The van der Waals surface area contributed by atoms with Crippen molar-refractivity contribution in [2.24, 2.45) is 21.7 Å². The van der Waals surface area contributed by atoms with E-state index in [0.717, 1.165) is 5.92 Å². The van der Waals surface area contributed by atoms with Gasteiger partial charge in [-0.1, -0.05) is 60.8 Å². The molecule has 2 heteroatoms. The van der Waals surface area contributed by atoms with Crippen molar-refractivity contribution in [1.82, 2.24) is 5.32 Å². The second kappa shape index (κ2) is 6.30. The molecule has 1 aliphatic heterocycles. The van der Waals surface area contributed by atoms with E-state index in [-0.39, 0.29) is 5.41 Å². The highest BCUT2D eigenvalue weighted by Crippen LogP contribution is 2.40. The van der Waals surface area contributed by atoms with Crippen LogP contribution in [0, 0.1) is 16.7 Å². The summed E-state index contributed by atoms with van der Waals surface area (Å²) in [5.74, 6) is 2.02. The Morgan fingerprint density at radius 1 is 1.10 bits per heavy atom. The average molecular weight is 293 g/mol. The molecule has 3 unspecified atom stereocenters. The van der Waals surface area contributed by atoms with Crippen LogP contribution in [0.25, 0.3) is 0 Å². The predicted octanol–water partition coefficient (Wildman–Crippen LogP) is 5.18. The van der Waals surface area contributed by atoms with Crippen LogP contribution in [0.15, 0.2) is 4.99 Å². The van der Waals surface area contributed by atoms with E-state index in [4.69, 9.17) is 4.99 Å². The number of nitrogens with one attached hydrogen (secondary N) is 1. The normalized spacial score (nSPS) is 35.1. The number of hydrogen-bond donors (Lipinski definition) is 1. The standard InChI is InChI=1S/C19H36N2/c1-14(2)19(6)12-9-7-8-10-15-16(11-13-19)21-17(20-15)18(3,4)5/h14-16H,7-13H2,1-6H3,(H,20,21). The van der Waals surface area contributed by atoms with E-state index in [2.05, 4.69) is 46.9 Å². The van der Waals surface area contributed by atoms with Gasteiger partial charge in [-0.2, -0.15) is 0 Å². The monoisotopic (exact) mass is 292 g/mol. The molecule has 3 atom stereocenters. The van der Waals surface area contributed by atoms with Crippen LogP contribution in [0.1, 0.15) is 86.5 Å². The summed E-state index contributed by atoms with van der Waals surface area (Å²) in [6.45, 7) is 14.1. The summed E-state index contributed by atoms with van der Waals surface area (Å²) in [7, 11) is 0. The smallest absolute Gasteiger partial charge is 0.102 e. The number of nitrogens with zero attached hydrogens (tertiary/aromatic N) is 1. The molecule has 0 saturated heterocycles. The number of hydrogen-bond acceptors (Lipinski definition) is 2. The van der Waals surface area contributed by atoms with Gasteiger partial charge in [0.1, 0.15) is 5.84 Å². The summed E-state index contributed by atoms with van der Waals surface area (Å²) in [4.78, 5) is 5.05. The summed E-state index contributed by atoms with van der Waals surface area (Å²) in [6, 6.07) is 1.10. The number of amidine groups is 1. The Kier molecular flexibility index (Phi) is 5.05. The summed E-state index contributed by atoms with van der Waals surface area (Å²) in [6.07, 6.45) is 9.41. The molecule has 1 heterocycles. The van der Waals surface area contributed by atoms with E-state index in [0.29, 0.717) is 17.5 Å². The van der Waals surface area contributed by atoms with Gasteiger partial charge in [0.05, 0.1) is 6.04 Å². The minimum absolute atomic E-state index is 0.161. The van der Waals surface area contributed by atoms with E-state index >= 15 is 0 Å². The molecule has 2 aliphatic rings. The van der Waals surface area contributed by atoms with Gasteiger partial charge in [0.25, 0.3) is 0 Å². The Bertz CT molecular complexity index is 378. The molecule has 0 bridgehead atoms. The fourth-order valence-electron chi connectivity index (χ4n) is 3.75. The fraction of sp³-hybridized carbons (Fsp3) is 0.947. The highest BCUT2D eigenvalue weighted by Gasteiger charge is 2.36. The van der Waals surface area contributed by atoms with Gasteiger partial charge in [-0.3, -0.25) is 4.99 Å². The second-order valence-corrected chi connectivity index (χ2v) is 8.99. The van der Waals surface area contributed by atoms with Gasteiger partial charge in [-0.05, 0) is 37.0 Å². The molecule has 0 radical (unpaired) electrons. The predicted molar refractivity (Wildman–Crippen MR) is 92.9 cm³/mol. The molecule has 0 amide bonds. The molecular formula is C19H36N2. The van der Waals surface area contributed by atoms with Crippen molar-refractivity contribution in [3.05, 3.63) is 0 Å². The lowest BCUT2D eigenvalue weighted by Gasteiger charge is -2.36. The quantitative estimate of drug-likeness (QED) is 0.707. The fourth-order valence-corrected chi connectivity index (χ4v) is 3.75. The number of aliphatic imine (C=N–C) groups is 1. The van der Waals surface area contributed by atoms with Crippen molar-refractivity contribution in [1.29, 1.82) is 0 Å². The number of fused-ring (bicyclic) bond motifs is 1. The summed E-state index contributed by atoms with van der Waals surface area (Å²) >= 11 is 0. The maximum Gasteiger partial charge on any atom is 0.102 e. The zero-order valence-corrected chi connectivity index (χ0v) is 15.1. The first-order valence-corrected chi connectivity index (χ1v) is 9.07. The molecule has 21 heavy (non-hydrogen) atoms. The van der Waals surface area contributed by atoms with Gasteiger partial charge in [0, 0.05) is 11.5 Å². The van der Waals surface area contributed by atoms with Gasteiger partial charge in [-0.15, -0.1) is 0 Å². The highest BCUT2D eigenvalue weighted by atomic mass is 15.1. The zero-order chi connectivity index (χ0) is 15.7. The Morgan fingerprint density at radius 3 is 2.43 bits per heavy atom. The molecule has 0 aromatic heterocycles. The van der Waals surface area contributed by atoms with Crippen molar-refractivity contribution in [3.63, 3.8) is 0 Å². The first-order valence-electron chi connectivity index (χ1n) is 9.07. The average Bonchev–Trinajstić information content (AvgIpc) is 2.79. The van der Waals surface area contributed by atoms with Gasteiger partial charge >= 0.3 is 0 Å². The Hall–Kier alpha value is -0.530. The second-order valence-electron chi connectivity index (χ2n) is 8.99. The molecule has 0 spiro atoms. The van der Waals surface area contributed by atoms with E-state index in [1.54, 1.807) is 0 Å².